The minimum atomic E-state index is -1.78. The van der Waals surface area contributed by atoms with Gasteiger partial charge < -0.3 is 65.1 Å². The van der Waals surface area contributed by atoms with Crippen LogP contribution in [-0.2, 0) is 23.7 Å². The summed E-state index contributed by atoms with van der Waals surface area (Å²) in [5.41, 5.74) is 0. The molecule has 2 heterocycles. The Hall–Kier alpha value is -2.57. The van der Waals surface area contributed by atoms with Crippen molar-refractivity contribution in [3.8, 4) is 0 Å². The van der Waals surface area contributed by atoms with Crippen molar-refractivity contribution in [1.29, 1.82) is 0 Å². The first-order valence-corrected chi connectivity index (χ1v) is 24.7. The van der Waals surface area contributed by atoms with E-state index in [1.165, 1.54) is 0 Å². The Kier molecular flexibility index (Phi) is 33.7. The second kappa shape index (κ2) is 37.4. The first-order chi connectivity index (χ1) is 31.6. The molecule has 2 fully saturated rings. The van der Waals surface area contributed by atoms with Crippen LogP contribution in [0.3, 0.4) is 0 Å². The minimum Gasteiger partial charge on any atom is -0.394 e. The molecule has 0 aromatic carbocycles. The number of hydrogen-bond donors (Lipinski definition) is 9. The highest BCUT2D eigenvalue weighted by Crippen LogP contribution is 2.30. The van der Waals surface area contributed by atoms with Crippen molar-refractivity contribution >= 4 is 5.91 Å². The van der Waals surface area contributed by atoms with Gasteiger partial charge in [-0.15, -0.1) is 0 Å². The monoisotopic (exact) mass is 922 g/mol. The summed E-state index contributed by atoms with van der Waals surface area (Å²) in [6, 6.07) is -0.837. The van der Waals surface area contributed by atoms with E-state index in [4.69, 9.17) is 18.9 Å². The van der Waals surface area contributed by atoms with Crippen LogP contribution < -0.4 is 5.32 Å². The van der Waals surface area contributed by atoms with E-state index >= 15 is 0 Å². The van der Waals surface area contributed by atoms with Gasteiger partial charge in [0, 0.05) is 6.42 Å². The van der Waals surface area contributed by atoms with Gasteiger partial charge in [-0.1, -0.05) is 151 Å². The molecule has 0 bridgehead atoms. The van der Waals surface area contributed by atoms with Crippen molar-refractivity contribution in [2.24, 2.45) is 0 Å². The van der Waals surface area contributed by atoms with Gasteiger partial charge in [-0.3, -0.25) is 4.79 Å². The highest BCUT2D eigenvalue weighted by atomic mass is 16.7. The maximum absolute atomic E-state index is 13.1. The summed E-state index contributed by atoms with van der Waals surface area (Å²) >= 11 is 0. The van der Waals surface area contributed by atoms with Gasteiger partial charge in [0.2, 0.25) is 5.91 Å². The molecule has 0 saturated carbocycles. The lowest BCUT2D eigenvalue weighted by atomic mass is 9.97. The molecule has 0 aliphatic carbocycles. The lowest BCUT2D eigenvalue weighted by Crippen LogP contribution is -2.65. The van der Waals surface area contributed by atoms with E-state index in [1.807, 2.05) is 0 Å². The molecule has 2 aliphatic rings. The predicted octanol–water partition coefficient (Wildman–Crippen LogP) is 6.04. The van der Waals surface area contributed by atoms with Crippen molar-refractivity contribution in [1.82, 2.24) is 5.32 Å². The number of amides is 1. The number of aliphatic hydroxyl groups excluding tert-OH is 8. The molecule has 0 aromatic heterocycles. The lowest BCUT2D eigenvalue weighted by molar-refractivity contribution is -0.359. The van der Waals surface area contributed by atoms with Crippen LogP contribution in [0.4, 0.5) is 0 Å². The van der Waals surface area contributed by atoms with Crippen LogP contribution in [0, 0.1) is 0 Å². The van der Waals surface area contributed by atoms with Gasteiger partial charge in [0.1, 0.15) is 48.8 Å². The van der Waals surface area contributed by atoms with Gasteiger partial charge in [0.15, 0.2) is 12.6 Å². The van der Waals surface area contributed by atoms with E-state index in [9.17, 15) is 45.6 Å². The van der Waals surface area contributed by atoms with Crippen LogP contribution >= 0.6 is 0 Å². The maximum atomic E-state index is 13.1. The summed E-state index contributed by atoms with van der Waals surface area (Å²) < 4.78 is 22.6. The molecular formula is C51H87NO13. The van der Waals surface area contributed by atoms with Crippen LogP contribution in [0.5, 0.6) is 0 Å². The first kappa shape index (κ1) is 58.6. The van der Waals surface area contributed by atoms with Crippen LogP contribution in [0.1, 0.15) is 149 Å². The minimum absolute atomic E-state index is 0.232. The number of hydrogen-bond acceptors (Lipinski definition) is 13. The molecule has 374 valence electrons. The zero-order chi connectivity index (χ0) is 47.5. The molecule has 65 heavy (non-hydrogen) atoms. The first-order valence-electron chi connectivity index (χ1n) is 24.7. The highest BCUT2D eigenvalue weighted by molar-refractivity contribution is 5.76. The molecule has 12 unspecified atom stereocenters. The smallest absolute Gasteiger partial charge is 0.220 e. The zero-order valence-electron chi connectivity index (χ0n) is 39.4. The number of aliphatic hydroxyl groups is 8. The molecule has 14 nitrogen and oxygen atoms in total. The lowest BCUT2D eigenvalue weighted by Gasteiger charge is -2.46. The van der Waals surface area contributed by atoms with Gasteiger partial charge in [-0.25, -0.2) is 0 Å². The number of unbranched alkanes of at least 4 members (excludes halogenated alkanes) is 11. The van der Waals surface area contributed by atoms with E-state index in [1.54, 1.807) is 0 Å². The maximum Gasteiger partial charge on any atom is 0.220 e. The van der Waals surface area contributed by atoms with Crippen molar-refractivity contribution in [3.63, 3.8) is 0 Å². The number of rotatable bonds is 36. The van der Waals surface area contributed by atoms with E-state index in [-0.39, 0.29) is 18.9 Å². The molecule has 0 aromatic rings. The van der Waals surface area contributed by atoms with E-state index < -0.39 is 86.8 Å². The Morgan fingerprint density at radius 1 is 0.569 bits per heavy atom. The zero-order valence-corrected chi connectivity index (χ0v) is 39.4. The molecule has 9 N–H and O–H groups in total. The fourth-order valence-electron chi connectivity index (χ4n) is 7.65. The van der Waals surface area contributed by atoms with Gasteiger partial charge in [0.25, 0.3) is 0 Å². The Morgan fingerprint density at radius 2 is 1.06 bits per heavy atom. The average Bonchev–Trinajstić information content (AvgIpc) is 3.30. The number of nitrogens with one attached hydrogen (secondary N) is 1. The molecule has 0 spiro atoms. The summed E-state index contributed by atoms with van der Waals surface area (Å²) in [5, 5.41) is 86.4. The quantitative estimate of drug-likeness (QED) is 0.0258. The van der Waals surface area contributed by atoms with Gasteiger partial charge in [-0.2, -0.15) is 0 Å². The molecule has 0 radical (unpaired) electrons. The molecular weight excluding hydrogens is 835 g/mol. The molecule has 2 saturated heterocycles. The predicted molar refractivity (Wildman–Crippen MR) is 253 cm³/mol. The Morgan fingerprint density at radius 3 is 1.63 bits per heavy atom. The standard InChI is InChI=1S/C51H87NO13/c1-3-5-7-9-11-12-13-14-15-16-17-18-19-20-21-22-23-24-25-26-27-28-29-31-33-35-43(56)52-39(40(55)34-32-30-10-8-6-4-2)38-62-50-48(61)46(59)49(42(37-54)64-50)65-51-47(60)45(58)44(57)41(36-53)63-51/h5,7,11-12,14-15,17-18,20-21,23-24,39-42,44-51,53-55,57-61H,3-4,6,8-10,13,16,19,22,25-38H2,1-2H3,(H,52,56)/b7-5-,12-11-,15-14-,18-17-,21-20-,24-23-. The molecule has 14 heteroatoms. The Bertz CT molecular complexity index is 1370. The summed E-state index contributed by atoms with van der Waals surface area (Å²) in [6.45, 7) is 2.62. The summed E-state index contributed by atoms with van der Waals surface area (Å²) in [5.74, 6) is -0.232. The number of carbonyl (C=O) groups excluding carboxylic acids is 1. The molecule has 12 atom stereocenters. The van der Waals surface area contributed by atoms with Gasteiger partial charge in [0.05, 0.1) is 32.0 Å². The summed E-state index contributed by atoms with van der Waals surface area (Å²) in [7, 11) is 0. The number of ether oxygens (including phenoxy) is 4. The second-order valence-corrected chi connectivity index (χ2v) is 17.2. The van der Waals surface area contributed by atoms with Gasteiger partial charge >= 0.3 is 0 Å². The summed E-state index contributed by atoms with van der Waals surface area (Å²) in [4.78, 5) is 13.1. The fraction of sp³-hybridized carbons (Fsp3) is 0.745. The van der Waals surface area contributed by atoms with Crippen molar-refractivity contribution in [2.75, 3.05) is 19.8 Å². The molecule has 2 aliphatic heterocycles. The average molecular weight is 922 g/mol. The SMILES string of the molecule is CC/C=C\C/C=C\C/C=C\C/C=C\C/C=C\C/C=C\CCCCCCCCC(=O)NC(COC1OC(CO)C(OC2OC(CO)C(O)C(O)C2O)C(O)C1O)C(O)CCCCCCCC. The third-order valence-corrected chi connectivity index (χ3v) is 11.7. The largest absolute Gasteiger partial charge is 0.394 e. The third kappa shape index (κ3) is 24.9. The van der Waals surface area contributed by atoms with Crippen molar-refractivity contribution in [3.05, 3.63) is 72.9 Å². The van der Waals surface area contributed by atoms with Crippen molar-refractivity contribution < 1.29 is 64.6 Å². The highest BCUT2D eigenvalue weighted by Gasteiger charge is 2.51. The normalized spacial score (nSPS) is 27.7. The molecule has 2 rings (SSSR count). The topological polar surface area (TPSA) is 228 Å². The second-order valence-electron chi connectivity index (χ2n) is 17.2. The van der Waals surface area contributed by atoms with Crippen molar-refractivity contribution in [2.45, 2.75) is 222 Å². The Balaban J connectivity index is 1.72. The van der Waals surface area contributed by atoms with Crippen LogP contribution in [0.15, 0.2) is 72.9 Å². The third-order valence-electron chi connectivity index (χ3n) is 11.7. The van der Waals surface area contributed by atoms with E-state index in [2.05, 4.69) is 92.1 Å². The number of carbonyl (C=O) groups is 1. The summed E-state index contributed by atoms with van der Waals surface area (Å²) in [6.07, 6.45) is 29.5. The fourth-order valence-corrected chi connectivity index (χ4v) is 7.65. The number of allylic oxidation sites excluding steroid dienone is 12. The van der Waals surface area contributed by atoms with E-state index in [0.717, 1.165) is 116 Å². The Labute approximate surface area is 389 Å². The van der Waals surface area contributed by atoms with E-state index in [0.29, 0.717) is 12.8 Å². The van der Waals surface area contributed by atoms with Crippen LogP contribution in [0.2, 0.25) is 0 Å². The molecule has 1 amide bonds. The van der Waals surface area contributed by atoms with Crippen LogP contribution in [0.25, 0.3) is 0 Å². The van der Waals surface area contributed by atoms with Gasteiger partial charge in [-0.05, 0) is 64.2 Å². The van der Waals surface area contributed by atoms with Crippen LogP contribution in [-0.4, -0.2) is 140 Å².